The van der Waals surface area contributed by atoms with E-state index in [0.717, 1.165) is 49.3 Å². The van der Waals surface area contributed by atoms with Crippen LogP contribution in [0.3, 0.4) is 0 Å². The fraction of sp³-hybridized carbons (Fsp3) is 0.304. The number of pyridine rings is 1. The summed E-state index contributed by atoms with van der Waals surface area (Å²) in [5.74, 6) is 1.58. The van der Waals surface area contributed by atoms with Gasteiger partial charge in [0.15, 0.2) is 15.5 Å². The van der Waals surface area contributed by atoms with E-state index in [4.69, 9.17) is 5.26 Å². The number of benzene rings is 1. The highest BCUT2D eigenvalue weighted by Gasteiger charge is 2.16. The van der Waals surface area contributed by atoms with E-state index in [1.165, 1.54) is 18.6 Å². The number of sulfone groups is 1. The Morgan fingerprint density at radius 1 is 1.09 bits per heavy atom. The summed E-state index contributed by atoms with van der Waals surface area (Å²) >= 11 is 0. The third kappa shape index (κ3) is 5.83. The first kappa shape index (κ1) is 22.6. The van der Waals surface area contributed by atoms with E-state index in [-0.39, 0.29) is 10.6 Å². The largest absolute Gasteiger partial charge is 0.384 e. The molecule has 2 aromatic heterocycles. The summed E-state index contributed by atoms with van der Waals surface area (Å²) in [7, 11) is -3.33. The molecule has 0 amide bonds. The van der Waals surface area contributed by atoms with Crippen LogP contribution in [0.25, 0.3) is 11.1 Å². The lowest BCUT2D eigenvalue weighted by molar-refractivity contribution is 0.390. The molecule has 3 aromatic rings. The van der Waals surface area contributed by atoms with Gasteiger partial charge in [-0.1, -0.05) is 12.1 Å². The standard InChI is InChI=1S/C23H25N7O2S/c1-33(31,32)19-4-2-3-17(9-19)20-14-29-22(30-23-15-26-18(11-24)13-28-23)10-21(20)27-12-16-5-7-25-8-6-16/h2-4,9-10,13-16,25H,5-8,12H2,1H3,(H2,27,28,29,30). The lowest BCUT2D eigenvalue weighted by atomic mass is 9.97. The molecule has 1 fully saturated rings. The summed E-state index contributed by atoms with van der Waals surface area (Å²) in [5.41, 5.74) is 2.66. The molecule has 0 unspecified atom stereocenters. The van der Waals surface area contributed by atoms with Crippen LogP contribution in [0, 0.1) is 17.2 Å². The molecule has 0 atom stereocenters. The number of rotatable bonds is 7. The van der Waals surface area contributed by atoms with Crippen LogP contribution >= 0.6 is 0 Å². The normalized spacial score (nSPS) is 14.4. The van der Waals surface area contributed by atoms with Gasteiger partial charge in [-0.2, -0.15) is 5.26 Å². The smallest absolute Gasteiger partial charge is 0.175 e. The van der Waals surface area contributed by atoms with Crippen LogP contribution in [0.4, 0.5) is 17.3 Å². The van der Waals surface area contributed by atoms with Crippen molar-refractivity contribution in [3.8, 4) is 17.2 Å². The highest BCUT2D eigenvalue weighted by Crippen LogP contribution is 2.32. The number of hydrogen-bond donors (Lipinski definition) is 3. The Hall–Kier alpha value is -3.55. The van der Waals surface area contributed by atoms with Gasteiger partial charge in [0.2, 0.25) is 0 Å². The summed E-state index contributed by atoms with van der Waals surface area (Å²) < 4.78 is 24.1. The second kappa shape index (κ2) is 9.94. The zero-order valence-electron chi connectivity index (χ0n) is 18.2. The predicted molar refractivity (Wildman–Crippen MR) is 127 cm³/mol. The van der Waals surface area contributed by atoms with E-state index in [2.05, 4.69) is 30.9 Å². The van der Waals surface area contributed by atoms with Gasteiger partial charge in [0.1, 0.15) is 17.7 Å². The van der Waals surface area contributed by atoms with Crippen molar-refractivity contribution >= 4 is 27.2 Å². The number of aromatic nitrogens is 3. The van der Waals surface area contributed by atoms with Crippen LogP contribution in [0.5, 0.6) is 0 Å². The molecular formula is C23H25N7O2S. The van der Waals surface area contributed by atoms with Gasteiger partial charge < -0.3 is 16.0 Å². The SMILES string of the molecule is CS(=O)(=O)c1cccc(-c2cnc(Nc3cnc(C#N)cn3)cc2NCC2CCNCC2)c1. The van der Waals surface area contributed by atoms with Crippen molar-refractivity contribution in [1.82, 2.24) is 20.3 Å². The van der Waals surface area contributed by atoms with Crippen LogP contribution in [0.2, 0.25) is 0 Å². The van der Waals surface area contributed by atoms with Crippen molar-refractivity contribution in [3.05, 3.63) is 54.6 Å². The molecule has 1 aliphatic rings. The molecule has 1 aromatic carbocycles. The molecule has 9 nitrogen and oxygen atoms in total. The molecule has 0 bridgehead atoms. The Balaban J connectivity index is 1.65. The first-order valence-electron chi connectivity index (χ1n) is 10.7. The molecule has 170 valence electrons. The minimum atomic E-state index is -3.33. The maximum atomic E-state index is 12.1. The lowest BCUT2D eigenvalue weighted by Crippen LogP contribution is -2.31. The van der Waals surface area contributed by atoms with Crippen LogP contribution in [-0.4, -0.2) is 49.3 Å². The van der Waals surface area contributed by atoms with E-state index in [0.29, 0.717) is 17.6 Å². The second-order valence-corrected chi connectivity index (χ2v) is 10.0. The molecule has 1 saturated heterocycles. The van der Waals surface area contributed by atoms with E-state index < -0.39 is 9.84 Å². The number of nitriles is 1. The topological polar surface area (TPSA) is 133 Å². The van der Waals surface area contributed by atoms with E-state index in [9.17, 15) is 8.42 Å². The molecular weight excluding hydrogens is 438 g/mol. The lowest BCUT2D eigenvalue weighted by Gasteiger charge is -2.24. The third-order valence-electron chi connectivity index (χ3n) is 5.54. The third-order valence-corrected chi connectivity index (χ3v) is 6.65. The fourth-order valence-corrected chi connectivity index (χ4v) is 4.38. The van der Waals surface area contributed by atoms with Crippen molar-refractivity contribution in [1.29, 1.82) is 5.26 Å². The molecule has 0 aliphatic carbocycles. The highest BCUT2D eigenvalue weighted by molar-refractivity contribution is 7.90. The van der Waals surface area contributed by atoms with Gasteiger partial charge in [0, 0.05) is 36.3 Å². The van der Waals surface area contributed by atoms with E-state index in [1.54, 1.807) is 24.4 Å². The van der Waals surface area contributed by atoms with Gasteiger partial charge in [0.25, 0.3) is 0 Å². The molecule has 0 saturated carbocycles. The average molecular weight is 464 g/mol. The van der Waals surface area contributed by atoms with Gasteiger partial charge in [0.05, 0.1) is 17.3 Å². The summed E-state index contributed by atoms with van der Waals surface area (Å²) in [6.45, 7) is 2.83. The van der Waals surface area contributed by atoms with Gasteiger partial charge >= 0.3 is 0 Å². The second-order valence-electron chi connectivity index (χ2n) is 8.01. The molecule has 1 aliphatic heterocycles. The average Bonchev–Trinajstić information content (AvgIpc) is 2.83. The van der Waals surface area contributed by atoms with Crippen LogP contribution in [-0.2, 0) is 9.84 Å². The molecule has 33 heavy (non-hydrogen) atoms. The van der Waals surface area contributed by atoms with Gasteiger partial charge in [-0.15, -0.1) is 0 Å². The summed E-state index contributed by atoms with van der Waals surface area (Å²) in [4.78, 5) is 13.0. The minimum absolute atomic E-state index is 0.235. The minimum Gasteiger partial charge on any atom is -0.384 e. The van der Waals surface area contributed by atoms with E-state index in [1.807, 2.05) is 18.2 Å². The van der Waals surface area contributed by atoms with Crippen LogP contribution in [0.15, 0.2) is 53.8 Å². The quantitative estimate of drug-likeness (QED) is 0.483. The Morgan fingerprint density at radius 3 is 2.58 bits per heavy atom. The van der Waals surface area contributed by atoms with Crippen LogP contribution < -0.4 is 16.0 Å². The monoisotopic (exact) mass is 463 g/mol. The first-order valence-corrected chi connectivity index (χ1v) is 12.6. The first-order chi connectivity index (χ1) is 15.9. The summed E-state index contributed by atoms with van der Waals surface area (Å²) in [6.07, 6.45) is 7.99. The van der Waals surface area contributed by atoms with Crippen molar-refractivity contribution in [2.45, 2.75) is 17.7 Å². The van der Waals surface area contributed by atoms with Crippen molar-refractivity contribution in [2.24, 2.45) is 5.92 Å². The van der Waals surface area contributed by atoms with Crippen molar-refractivity contribution < 1.29 is 8.42 Å². The number of piperidine rings is 1. The Kier molecular flexibility index (Phi) is 6.82. The Labute approximate surface area is 193 Å². The molecule has 0 spiro atoms. The molecule has 10 heteroatoms. The fourth-order valence-electron chi connectivity index (χ4n) is 3.72. The van der Waals surface area contributed by atoms with Gasteiger partial charge in [-0.3, -0.25) is 0 Å². The van der Waals surface area contributed by atoms with Crippen molar-refractivity contribution in [3.63, 3.8) is 0 Å². The summed E-state index contributed by atoms with van der Waals surface area (Å²) in [6, 6.07) is 10.7. The predicted octanol–water partition coefficient (Wildman–Crippen LogP) is 2.97. The molecule has 4 rings (SSSR count). The zero-order valence-corrected chi connectivity index (χ0v) is 19.1. The number of nitrogens with one attached hydrogen (secondary N) is 3. The van der Waals surface area contributed by atoms with Crippen LogP contribution in [0.1, 0.15) is 18.5 Å². The maximum Gasteiger partial charge on any atom is 0.175 e. The Bertz CT molecular complexity index is 1260. The molecule has 3 heterocycles. The van der Waals surface area contributed by atoms with Gasteiger partial charge in [-0.25, -0.2) is 23.4 Å². The number of anilines is 3. The highest BCUT2D eigenvalue weighted by atomic mass is 32.2. The number of hydrogen-bond acceptors (Lipinski definition) is 9. The number of nitrogens with zero attached hydrogens (tertiary/aromatic N) is 4. The maximum absolute atomic E-state index is 12.1. The zero-order chi connectivity index (χ0) is 23.3. The Morgan fingerprint density at radius 2 is 1.88 bits per heavy atom. The van der Waals surface area contributed by atoms with Crippen molar-refractivity contribution in [2.75, 3.05) is 36.5 Å². The molecule has 0 radical (unpaired) electrons. The molecule has 3 N–H and O–H groups in total. The van der Waals surface area contributed by atoms with Gasteiger partial charge in [-0.05, 0) is 49.5 Å². The summed E-state index contributed by atoms with van der Waals surface area (Å²) in [5, 5.41) is 18.9. The van der Waals surface area contributed by atoms with E-state index >= 15 is 0 Å².